The van der Waals surface area contributed by atoms with Crippen molar-refractivity contribution in [2.75, 3.05) is 14.1 Å². The van der Waals surface area contributed by atoms with E-state index in [9.17, 15) is 0 Å². The summed E-state index contributed by atoms with van der Waals surface area (Å²) in [5.74, 6) is -0.0927. The largest absolute Gasteiger partial charge is 0.497 e. The zero-order valence-electron chi connectivity index (χ0n) is 13.6. The van der Waals surface area contributed by atoms with Crippen LogP contribution in [0.5, 0.6) is 11.5 Å². The first-order valence-corrected chi connectivity index (χ1v) is 4.13. The first-order chi connectivity index (χ1) is 9.57. The number of benzene rings is 1. The zero-order chi connectivity index (χ0) is 15.8. The van der Waals surface area contributed by atoms with Gasteiger partial charge in [0.2, 0.25) is 0 Å². The number of hydrogen-bond acceptors (Lipinski definition) is 4. The average molecular weight is 214 g/mol. The van der Waals surface area contributed by atoms with E-state index in [1.165, 1.54) is 12.1 Å². The average Bonchev–Trinajstić information content (AvgIpc) is 2.67. The SMILES string of the molecule is [2H]C([2H])([2H])Oc1cc(OC([2H])([2H])[2H])c2oc(CO)cc2c1. The molecule has 0 radical (unpaired) electrons. The molecule has 0 fully saturated rings. The maximum atomic E-state index is 9.05. The molecule has 0 unspecified atom stereocenters. The predicted molar refractivity (Wildman–Crippen MR) is 55.2 cm³/mol. The number of ether oxygens (including phenoxy) is 2. The van der Waals surface area contributed by atoms with Crippen molar-refractivity contribution in [2.24, 2.45) is 0 Å². The van der Waals surface area contributed by atoms with Crippen molar-refractivity contribution in [2.45, 2.75) is 6.61 Å². The molecule has 0 aliphatic carbocycles. The van der Waals surface area contributed by atoms with E-state index in [1.54, 1.807) is 0 Å². The molecule has 0 spiro atoms. The van der Waals surface area contributed by atoms with E-state index >= 15 is 0 Å². The quantitative estimate of drug-likeness (QED) is 0.848. The van der Waals surface area contributed by atoms with Gasteiger partial charge in [-0.15, -0.1) is 0 Å². The minimum absolute atomic E-state index is 0.0907. The number of rotatable bonds is 3. The number of aliphatic hydroxyl groups excluding tert-OH is 1. The van der Waals surface area contributed by atoms with Crippen molar-refractivity contribution < 1.29 is 27.2 Å². The highest BCUT2D eigenvalue weighted by Crippen LogP contribution is 2.33. The Balaban J connectivity index is 2.53. The first-order valence-electron chi connectivity index (χ1n) is 7.13. The molecule has 2 aromatic rings. The third kappa shape index (κ3) is 1.64. The molecule has 80 valence electrons. The van der Waals surface area contributed by atoms with Crippen molar-refractivity contribution in [3.05, 3.63) is 24.0 Å². The van der Waals surface area contributed by atoms with Gasteiger partial charge in [-0.25, -0.2) is 0 Å². The Morgan fingerprint density at radius 2 is 2.20 bits per heavy atom. The molecule has 0 aliphatic rings. The lowest BCUT2D eigenvalue weighted by Gasteiger charge is -2.03. The summed E-state index contributed by atoms with van der Waals surface area (Å²) in [6.45, 7) is -0.392. The maximum Gasteiger partial charge on any atom is 0.176 e. The molecule has 0 bridgehead atoms. The molecule has 1 aromatic carbocycles. The van der Waals surface area contributed by atoms with Crippen LogP contribution in [-0.2, 0) is 6.61 Å². The van der Waals surface area contributed by atoms with Crippen LogP contribution in [0.2, 0.25) is 0 Å². The fourth-order valence-electron chi connectivity index (χ4n) is 1.36. The van der Waals surface area contributed by atoms with Crippen LogP contribution in [0.15, 0.2) is 22.6 Å². The van der Waals surface area contributed by atoms with E-state index in [1.807, 2.05) is 0 Å². The van der Waals surface area contributed by atoms with Gasteiger partial charge in [-0.2, -0.15) is 0 Å². The highest BCUT2D eigenvalue weighted by atomic mass is 16.5. The van der Waals surface area contributed by atoms with Crippen molar-refractivity contribution in [3.63, 3.8) is 0 Å². The lowest BCUT2D eigenvalue weighted by molar-refractivity contribution is 0.250. The molecule has 0 aliphatic heterocycles. The van der Waals surface area contributed by atoms with Crippen molar-refractivity contribution >= 4 is 11.0 Å². The smallest absolute Gasteiger partial charge is 0.176 e. The van der Waals surface area contributed by atoms with E-state index in [0.717, 1.165) is 6.07 Å². The van der Waals surface area contributed by atoms with Gasteiger partial charge in [-0.1, -0.05) is 0 Å². The van der Waals surface area contributed by atoms with Crippen LogP contribution in [0.4, 0.5) is 0 Å². The number of fused-ring (bicyclic) bond motifs is 1. The van der Waals surface area contributed by atoms with Crippen LogP contribution in [0, 0.1) is 0 Å². The predicted octanol–water partition coefficient (Wildman–Crippen LogP) is 1.94. The Morgan fingerprint density at radius 1 is 1.33 bits per heavy atom. The molecule has 0 saturated carbocycles. The Labute approximate surface area is 95.5 Å². The van der Waals surface area contributed by atoms with Gasteiger partial charge >= 0.3 is 0 Å². The Kier molecular flexibility index (Phi) is 1.25. The molecule has 0 amide bonds. The summed E-state index contributed by atoms with van der Waals surface area (Å²) in [5.41, 5.74) is 0.0908. The summed E-state index contributed by atoms with van der Waals surface area (Å²) in [7, 11) is -5.42. The van der Waals surface area contributed by atoms with Crippen LogP contribution in [-0.4, -0.2) is 19.2 Å². The molecule has 0 saturated heterocycles. The van der Waals surface area contributed by atoms with Crippen molar-refractivity contribution in [3.8, 4) is 11.5 Å². The van der Waals surface area contributed by atoms with E-state index in [2.05, 4.69) is 0 Å². The topological polar surface area (TPSA) is 51.8 Å². The van der Waals surface area contributed by atoms with E-state index in [-0.39, 0.29) is 22.8 Å². The Bertz CT molecular complexity index is 642. The van der Waals surface area contributed by atoms with E-state index < -0.39 is 20.7 Å². The molecule has 1 aromatic heterocycles. The summed E-state index contributed by atoms with van der Waals surface area (Å²) in [6.07, 6.45) is 0. The van der Waals surface area contributed by atoms with E-state index in [4.69, 9.17) is 27.2 Å². The zero-order valence-corrected chi connectivity index (χ0v) is 7.61. The van der Waals surface area contributed by atoms with Crippen LogP contribution < -0.4 is 9.47 Å². The maximum absolute atomic E-state index is 9.05. The molecule has 4 nitrogen and oxygen atoms in total. The minimum Gasteiger partial charge on any atom is -0.497 e. The molecule has 1 heterocycles. The summed E-state index contributed by atoms with van der Waals surface area (Å²) in [5, 5.41) is 9.41. The van der Waals surface area contributed by atoms with Gasteiger partial charge in [-0.3, -0.25) is 0 Å². The lowest BCUT2D eigenvalue weighted by atomic mass is 10.2. The normalized spacial score (nSPS) is 18.2. The fourth-order valence-corrected chi connectivity index (χ4v) is 1.36. The van der Waals surface area contributed by atoms with E-state index in [0.29, 0.717) is 5.39 Å². The molecule has 4 heteroatoms. The summed E-state index contributed by atoms with van der Waals surface area (Å²) >= 11 is 0. The van der Waals surface area contributed by atoms with Gasteiger partial charge in [0.05, 0.1) is 22.3 Å². The second-order valence-corrected chi connectivity index (χ2v) is 2.91. The molecule has 1 N–H and O–H groups in total. The third-order valence-electron chi connectivity index (χ3n) is 1.99. The third-order valence-corrected chi connectivity index (χ3v) is 1.99. The number of methoxy groups -OCH3 is 2. The van der Waals surface area contributed by atoms with Gasteiger partial charge in [0.25, 0.3) is 0 Å². The Morgan fingerprint density at radius 3 is 2.93 bits per heavy atom. The number of hydrogen-bond donors (Lipinski definition) is 1. The monoisotopic (exact) mass is 214 g/mol. The highest BCUT2D eigenvalue weighted by Gasteiger charge is 2.10. The summed E-state index contributed by atoms with van der Waals surface area (Å²) < 4.78 is 57.3. The summed E-state index contributed by atoms with van der Waals surface area (Å²) in [6, 6.07) is 3.91. The second-order valence-electron chi connectivity index (χ2n) is 2.91. The number of furan rings is 1. The molecule has 2 rings (SSSR count). The van der Waals surface area contributed by atoms with Crippen molar-refractivity contribution in [1.82, 2.24) is 0 Å². The van der Waals surface area contributed by atoms with Crippen molar-refractivity contribution in [1.29, 1.82) is 0 Å². The Hall–Kier alpha value is -1.68. The highest BCUT2D eigenvalue weighted by molar-refractivity contribution is 5.85. The van der Waals surface area contributed by atoms with Crippen LogP contribution >= 0.6 is 0 Å². The van der Waals surface area contributed by atoms with Gasteiger partial charge in [-0.05, 0) is 12.1 Å². The van der Waals surface area contributed by atoms with Gasteiger partial charge < -0.3 is 19.0 Å². The van der Waals surface area contributed by atoms with Gasteiger partial charge in [0.1, 0.15) is 18.1 Å². The standard InChI is InChI=1S/C11H12O4/c1-13-8-3-7-4-9(6-12)15-11(7)10(5-8)14-2/h3-5,12H,6H2,1-2H3/i1D3,2D3. The summed E-state index contributed by atoms with van der Waals surface area (Å²) in [4.78, 5) is 0. The lowest BCUT2D eigenvalue weighted by Crippen LogP contribution is -1.86. The van der Waals surface area contributed by atoms with Crippen LogP contribution in [0.3, 0.4) is 0 Å². The molecular weight excluding hydrogens is 196 g/mol. The van der Waals surface area contributed by atoms with Crippen LogP contribution in [0.1, 0.15) is 14.0 Å². The molecule has 15 heavy (non-hydrogen) atoms. The fraction of sp³-hybridized carbons (Fsp3) is 0.273. The van der Waals surface area contributed by atoms with Crippen LogP contribution in [0.25, 0.3) is 11.0 Å². The second kappa shape index (κ2) is 3.82. The van der Waals surface area contributed by atoms with Gasteiger partial charge in [0, 0.05) is 11.5 Å². The molecule has 0 atom stereocenters. The first kappa shape index (κ1) is 4.90. The van der Waals surface area contributed by atoms with Gasteiger partial charge in [0.15, 0.2) is 11.3 Å². The number of aliphatic hydroxyl groups is 1. The molecular formula is C11H12O4. The minimum atomic E-state index is -2.74.